The lowest BCUT2D eigenvalue weighted by Crippen LogP contribution is -2.54. The molecule has 16 heteroatoms. The molecule has 1 atom stereocenters. The molecule has 0 aromatic carbocycles. The summed E-state index contributed by atoms with van der Waals surface area (Å²) in [6.45, 7) is 3.59. The molecule has 0 aliphatic carbocycles. The van der Waals surface area contributed by atoms with E-state index in [1.165, 1.54) is 27.0 Å². The highest BCUT2D eigenvalue weighted by molar-refractivity contribution is 7.90. The summed E-state index contributed by atoms with van der Waals surface area (Å²) in [6.07, 6.45) is 4.95. The van der Waals surface area contributed by atoms with Crippen LogP contribution in [-0.2, 0) is 19.6 Å². The molecule has 0 aromatic heterocycles. The molecule has 0 radical (unpaired) electrons. The Balaban J connectivity index is 2.21. The van der Waals surface area contributed by atoms with Crippen molar-refractivity contribution in [3.8, 4) is 0 Å². The predicted molar refractivity (Wildman–Crippen MR) is 134 cm³/mol. The number of hydrogen-bond acceptors (Lipinski definition) is 7. The maximum absolute atomic E-state index is 13.2. The number of alkyl halides is 6. The summed E-state index contributed by atoms with van der Waals surface area (Å²) in [5, 5.41) is 0. The number of nitrogens with zero attached hydrogens (tertiary/aromatic N) is 3. The first kappa shape index (κ1) is 31.6. The molecule has 208 valence electrons. The number of hydrogen-bond donors (Lipinski definition) is 1. The van der Waals surface area contributed by atoms with E-state index in [4.69, 9.17) is 45.3 Å². The van der Waals surface area contributed by atoms with Gasteiger partial charge in [-0.1, -0.05) is 34.8 Å². The summed E-state index contributed by atoms with van der Waals surface area (Å²) >= 11 is 17.5. The van der Waals surface area contributed by atoms with Crippen molar-refractivity contribution in [3.63, 3.8) is 0 Å². The third-order valence-electron chi connectivity index (χ3n) is 5.38. The Hall–Kier alpha value is -1.64. The number of rotatable bonds is 9. The summed E-state index contributed by atoms with van der Waals surface area (Å²) in [5.41, 5.74) is -0.391. The lowest BCUT2D eigenvalue weighted by atomic mass is 10.1. The van der Waals surface area contributed by atoms with Gasteiger partial charge in [-0.2, -0.15) is 30.9 Å². The van der Waals surface area contributed by atoms with Gasteiger partial charge < -0.3 is 10.5 Å². The fourth-order valence-corrected chi connectivity index (χ4v) is 4.94. The zero-order valence-electron chi connectivity index (χ0n) is 20.2. The van der Waals surface area contributed by atoms with E-state index >= 15 is 0 Å². The number of amidine groups is 1. The summed E-state index contributed by atoms with van der Waals surface area (Å²) in [4.78, 5) is 29.4. The quantitative estimate of drug-likeness (QED) is 0.230. The first-order chi connectivity index (χ1) is 16.8. The smallest absolute Gasteiger partial charge is 0.443 e. The maximum Gasteiger partial charge on any atom is 0.516 e. The highest BCUT2D eigenvalue weighted by Gasteiger charge is 2.54. The average molecular weight is 611 g/mol. The van der Waals surface area contributed by atoms with Crippen LogP contribution in [0.3, 0.4) is 0 Å². The second-order valence-electron chi connectivity index (χ2n) is 9.15. The summed E-state index contributed by atoms with van der Waals surface area (Å²) in [6, 6.07) is 0. The third-order valence-corrected chi connectivity index (χ3v) is 7.39. The molecule has 0 spiro atoms. The van der Waals surface area contributed by atoms with Gasteiger partial charge >= 0.3 is 21.6 Å². The molecule has 0 fully saturated rings. The van der Waals surface area contributed by atoms with Gasteiger partial charge in [-0.05, 0) is 52.2 Å². The van der Waals surface area contributed by atoms with Gasteiger partial charge in [0.1, 0.15) is 11.3 Å². The minimum Gasteiger partial charge on any atom is -0.443 e. The number of unbranched alkanes of at least 4 members (excludes halogenated alkanes) is 2. The summed E-state index contributed by atoms with van der Waals surface area (Å²) in [5.74, 6) is -0.395. The van der Waals surface area contributed by atoms with E-state index in [0.717, 1.165) is 0 Å². The Morgan fingerprint density at radius 2 is 1.76 bits per heavy atom. The molecule has 2 aliphatic heterocycles. The number of quaternary nitrogens is 1. The Morgan fingerprint density at radius 3 is 2.27 bits per heavy atom. The maximum atomic E-state index is 13.2. The number of amides is 1. The molecule has 0 aromatic rings. The number of aliphatic imine (C=N–C) groups is 1. The number of carbonyl (C=O) groups is 2. The van der Waals surface area contributed by atoms with Crippen molar-refractivity contribution in [1.29, 1.82) is 0 Å². The largest absolute Gasteiger partial charge is 0.516 e. The molecule has 0 saturated carbocycles. The molecule has 0 saturated heterocycles. The van der Waals surface area contributed by atoms with Crippen LogP contribution in [0.25, 0.3) is 0 Å². The summed E-state index contributed by atoms with van der Waals surface area (Å²) < 4.78 is 65.6. The number of allylic oxidation sites excluding steroid dienone is 3. The normalized spacial score (nSPS) is 20.1. The van der Waals surface area contributed by atoms with E-state index < -0.39 is 43.3 Å². The van der Waals surface area contributed by atoms with Gasteiger partial charge in [0.05, 0.1) is 19.3 Å². The minimum atomic E-state index is -5.98. The minimum absolute atomic E-state index is 0.0179. The topological polar surface area (TPSA) is 119 Å². The van der Waals surface area contributed by atoms with Crippen molar-refractivity contribution >= 4 is 62.5 Å². The molecule has 9 nitrogen and oxygen atoms in total. The van der Waals surface area contributed by atoms with E-state index in [9.17, 15) is 31.2 Å². The van der Waals surface area contributed by atoms with Crippen LogP contribution in [0.5, 0.6) is 0 Å². The summed E-state index contributed by atoms with van der Waals surface area (Å²) in [7, 11) is -5.98. The monoisotopic (exact) mass is 609 g/mol. The van der Waals surface area contributed by atoms with Crippen LogP contribution in [0, 0.1) is 0 Å². The van der Waals surface area contributed by atoms with Crippen molar-refractivity contribution in [2.75, 3.05) is 19.6 Å². The van der Waals surface area contributed by atoms with E-state index in [2.05, 4.69) is 4.99 Å². The van der Waals surface area contributed by atoms with Crippen LogP contribution in [0.15, 0.2) is 40.8 Å². The Morgan fingerprint density at radius 1 is 1.14 bits per heavy atom. The van der Waals surface area contributed by atoms with Gasteiger partial charge in [0, 0.05) is 12.6 Å². The van der Waals surface area contributed by atoms with E-state index in [1.807, 2.05) is 0 Å². The van der Waals surface area contributed by atoms with Crippen LogP contribution in [-0.4, -0.2) is 69.5 Å². The lowest BCUT2D eigenvalue weighted by molar-refractivity contribution is -0.754. The van der Waals surface area contributed by atoms with Crippen LogP contribution in [0.1, 0.15) is 40.0 Å². The van der Waals surface area contributed by atoms with Gasteiger partial charge in [-0.25, -0.2) is 9.28 Å². The number of sulfonamides is 1. The van der Waals surface area contributed by atoms with Crippen molar-refractivity contribution in [1.82, 2.24) is 4.31 Å². The Kier molecular flexibility index (Phi) is 9.58. The third kappa shape index (κ3) is 6.87. The molecular formula is C21H27Cl3F3N4O5S+. The SMILES string of the molecule is CC(C)(C)OC(=O)N(CCCCC[N+]12C(CN)=CC=CC1=NC=C2C(=O)C(Cl)(Cl)Cl)S(=O)(=O)C(F)(F)F. The number of nitrogens with two attached hydrogens (primary N) is 1. The predicted octanol–water partition coefficient (Wildman–Crippen LogP) is 4.67. The second-order valence-corrected chi connectivity index (χ2v) is 13.3. The first-order valence-corrected chi connectivity index (χ1v) is 13.5. The molecule has 1 amide bonds. The van der Waals surface area contributed by atoms with E-state index in [0.29, 0.717) is 11.5 Å². The highest BCUT2D eigenvalue weighted by Crippen LogP contribution is 2.41. The average Bonchev–Trinajstić information content (AvgIpc) is 3.11. The van der Waals surface area contributed by atoms with Gasteiger partial charge in [-0.15, -0.1) is 0 Å². The zero-order valence-corrected chi connectivity index (χ0v) is 23.3. The zero-order chi connectivity index (χ0) is 28.4. The van der Waals surface area contributed by atoms with Crippen molar-refractivity contribution < 1.29 is 40.4 Å². The number of carbonyl (C=O) groups excluding carboxylic acids is 2. The van der Waals surface area contributed by atoms with E-state index in [1.54, 1.807) is 18.2 Å². The Labute approximate surface area is 228 Å². The standard InChI is InChI=1S/C21H27Cl3F3N4O5S/c1-19(2,3)36-18(33)30(37(34,35)21(25,26)27)10-5-4-6-11-31-14(12-28)8-7-9-16(31)29-13-15(31)17(32)20(22,23)24/h7-9,13H,4-6,10-12,28H2,1-3H3/q+1. The fraction of sp³-hybridized carbons (Fsp3) is 0.571. The van der Waals surface area contributed by atoms with Gasteiger partial charge in [0.25, 0.3) is 9.58 Å². The fourth-order valence-electron chi connectivity index (χ4n) is 3.80. The number of fused-ring (bicyclic) bond motifs is 1. The second kappa shape index (κ2) is 11.2. The van der Waals surface area contributed by atoms with Gasteiger partial charge in [0.15, 0.2) is 0 Å². The molecule has 2 heterocycles. The Bertz CT molecular complexity index is 1160. The molecule has 2 N–H and O–H groups in total. The number of ether oxygens (including phenoxy) is 1. The number of Topliss-reactive ketones (excluding diaryl/α,β-unsaturated/α-hetero) is 1. The first-order valence-electron chi connectivity index (χ1n) is 11.0. The molecule has 1 unspecified atom stereocenters. The number of ketones is 1. The highest BCUT2D eigenvalue weighted by atomic mass is 35.6. The molecular weight excluding hydrogens is 584 g/mol. The van der Waals surface area contributed by atoms with Crippen molar-refractivity contribution in [2.24, 2.45) is 10.7 Å². The van der Waals surface area contributed by atoms with Crippen LogP contribution in [0.4, 0.5) is 18.0 Å². The van der Waals surface area contributed by atoms with Crippen LogP contribution < -0.4 is 5.73 Å². The van der Waals surface area contributed by atoms with Gasteiger partial charge in [0.2, 0.25) is 11.5 Å². The van der Waals surface area contributed by atoms with Gasteiger partial charge in [-0.3, -0.25) is 4.79 Å². The van der Waals surface area contributed by atoms with Crippen LogP contribution in [0.2, 0.25) is 0 Å². The molecule has 2 aliphatic rings. The number of halogens is 6. The molecule has 0 bridgehead atoms. The molecule has 2 rings (SSSR count). The van der Waals surface area contributed by atoms with Crippen molar-refractivity contribution in [2.45, 2.75) is 54.9 Å². The van der Waals surface area contributed by atoms with Crippen molar-refractivity contribution in [3.05, 3.63) is 35.8 Å². The lowest BCUT2D eigenvalue weighted by Gasteiger charge is -2.38. The molecule has 37 heavy (non-hydrogen) atoms. The van der Waals surface area contributed by atoms with Crippen LogP contribution >= 0.6 is 34.8 Å². The van der Waals surface area contributed by atoms with E-state index in [-0.39, 0.29) is 46.8 Å².